The Morgan fingerprint density at radius 2 is 1.86 bits per heavy atom. The largest absolute Gasteiger partial charge is 0.394 e. The molecule has 0 radical (unpaired) electrons. The van der Waals surface area contributed by atoms with Gasteiger partial charge in [0, 0.05) is 34.7 Å². The third-order valence-corrected chi connectivity index (χ3v) is 5.91. The summed E-state index contributed by atoms with van der Waals surface area (Å²) in [6, 6.07) is 9.65. The third-order valence-electron chi connectivity index (χ3n) is 5.35. The van der Waals surface area contributed by atoms with Gasteiger partial charge in [-0.1, -0.05) is 29.3 Å². The molecular formula is C21H19Cl2N3O2. The van der Waals surface area contributed by atoms with Crippen LogP contribution in [0.15, 0.2) is 39.9 Å². The molecule has 0 saturated carbocycles. The zero-order chi connectivity index (χ0) is 20.2. The van der Waals surface area contributed by atoms with Gasteiger partial charge < -0.3 is 16.0 Å². The minimum atomic E-state index is -0.633. The van der Waals surface area contributed by atoms with Crippen LogP contribution in [0.4, 0.5) is 17.1 Å². The van der Waals surface area contributed by atoms with Gasteiger partial charge in [0.15, 0.2) is 0 Å². The second kappa shape index (κ2) is 6.92. The molecule has 7 heteroatoms. The molecule has 0 aliphatic carbocycles. The summed E-state index contributed by atoms with van der Waals surface area (Å²) >= 11 is 12.7. The summed E-state index contributed by atoms with van der Waals surface area (Å²) in [5.41, 5.74) is 9.72. The van der Waals surface area contributed by atoms with Crippen LogP contribution in [0.1, 0.15) is 28.2 Å². The Morgan fingerprint density at radius 1 is 1.11 bits per heavy atom. The van der Waals surface area contributed by atoms with Crippen molar-refractivity contribution in [1.82, 2.24) is 4.90 Å². The number of anilines is 3. The average Bonchev–Trinajstić information content (AvgIpc) is 2.65. The summed E-state index contributed by atoms with van der Waals surface area (Å²) in [7, 11) is 2.07. The van der Waals surface area contributed by atoms with Crippen molar-refractivity contribution in [2.75, 3.05) is 24.6 Å². The van der Waals surface area contributed by atoms with Crippen molar-refractivity contribution in [3.05, 3.63) is 83.1 Å². The van der Waals surface area contributed by atoms with Gasteiger partial charge in [0.1, 0.15) is 11.4 Å². The lowest BCUT2D eigenvalue weighted by Gasteiger charge is -2.34. The molecule has 1 heterocycles. The number of hydrogen-bond donors (Lipinski definition) is 2. The van der Waals surface area contributed by atoms with E-state index in [0.29, 0.717) is 15.7 Å². The van der Waals surface area contributed by atoms with Gasteiger partial charge >= 0.3 is 0 Å². The Morgan fingerprint density at radius 3 is 2.54 bits per heavy atom. The van der Waals surface area contributed by atoms with Crippen LogP contribution in [0.3, 0.4) is 0 Å². The number of nitrogen functional groups attached to an aromatic ring is 1. The molecule has 0 aromatic heterocycles. The maximum Gasteiger partial charge on any atom is 0.253 e. The molecule has 3 aromatic rings. The van der Waals surface area contributed by atoms with E-state index < -0.39 is 10.9 Å². The summed E-state index contributed by atoms with van der Waals surface area (Å²) in [6.07, 6.45) is 0. The second-order valence-electron chi connectivity index (χ2n) is 7.35. The molecule has 0 fully saturated rings. The molecule has 1 unspecified atom stereocenters. The van der Waals surface area contributed by atoms with Gasteiger partial charge in [0.05, 0.1) is 0 Å². The number of rotatable bonds is 3. The van der Waals surface area contributed by atoms with E-state index in [2.05, 4.69) is 17.3 Å². The summed E-state index contributed by atoms with van der Waals surface area (Å²) in [6.45, 7) is 3.65. The third kappa shape index (κ3) is 3.09. The Labute approximate surface area is 172 Å². The van der Waals surface area contributed by atoms with Crippen LogP contribution in [0.25, 0.3) is 0 Å². The number of nitrogens with two attached hydrogens (primary N) is 1. The normalized spacial score (nSPS) is 16.9. The van der Waals surface area contributed by atoms with Crippen LogP contribution in [0, 0.1) is 6.92 Å². The monoisotopic (exact) mass is 415 g/mol. The molecule has 0 spiro atoms. The van der Waals surface area contributed by atoms with Crippen molar-refractivity contribution < 1.29 is 0 Å². The quantitative estimate of drug-likeness (QED) is 0.636. The topological polar surface area (TPSA) is 75.4 Å². The molecule has 1 atom stereocenters. The Hall–Kier alpha value is -2.34. The standard InChI is InChI=1S/C21H19Cl2N3O2/c1-10-5-12(25-19-18(24)20(27)21(19)28)3-4-13(10)15-8-26(2)9-16-14(15)6-11(22)7-17(16)23/h3-7,15,25H,8-9,24H2,1-2H3. The molecule has 0 amide bonds. The predicted molar refractivity (Wildman–Crippen MR) is 115 cm³/mol. The lowest BCUT2D eigenvalue weighted by atomic mass is 9.83. The van der Waals surface area contributed by atoms with Gasteiger partial charge in [-0.2, -0.15) is 0 Å². The van der Waals surface area contributed by atoms with Crippen molar-refractivity contribution in [2.45, 2.75) is 19.4 Å². The van der Waals surface area contributed by atoms with Crippen LogP contribution in [0.2, 0.25) is 10.0 Å². The zero-order valence-electron chi connectivity index (χ0n) is 15.5. The molecule has 144 valence electrons. The minimum Gasteiger partial charge on any atom is -0.394 e. The fraction of sp³-hybridized carbons (Fsp3) is 0.238. The van der Waals surface area contributed by atoms with Crippen LogP contribution >= 0.6 is 23.2 Å². The highest BCUT2D eigenvalue weighted by Gasteiger charge is 2.28. The highest BCUT2D eigenvalue weighted by molar-refractivity contribution is 6.35. The van der Waals surface area contributed by atoms with Crippen LogP contribution in [-0.2, 0) is 6.54 Å². The zero-order valence-corrected chi connectivity index (χ0v) is 17.0. The van der Waals surface area contributed by atoms with E-state index in [1.165, 1.54) is 0 Å². The van der Waals surface area contributed by atoms with Crippen LogP contribution in [0.5, 0.6) is 0 Å². The number of likely N-dealkylation sites (N-methyl/N-ethyl adjacent to an activating group) is 1. The maximum absolute atomic E-state index is 11.6. The van der Waals surface area contributed by atoms with Gasteiger partial charge in [-0.25, -0.2) is 0 Å². The van der Waals surface area contributed by atoms with Crippen molar-refractivity contribution in [2.24, 2.45) is 0 Å². The summed E-state index contributed by atoms with van der Waals surface area (Å²) in [5.74, 6) is 0.134. The molecular weight excluding hydrogens is 397 g/mol. The fourth-order valence-electron chi connectivity index (χ4n) is 3.93. The van der Waals surface area contributed by atoms with Gasteiger partial charge in [-0.15, -0.1) is 0 Å². The Kier molecular flexibility index (Phi) is 4.70. The van der Waals surface area contributed by atoms with Crippen molar-refractivity contribution >= 4 is 40.3 Å². The Bertz CT molecular complexity index is 1170. The number of nitrogens with one attached hydrogen (secondary N) is 1. The highest BCUT2D eigenvalue weighted by Crippen LogP contribution is 2.39. The smallest absolute Gasteiger partial charge is 0.253 e. The molecule has 3 aromatic carbocycles. The van der Waals surface area contributed by atoms with Crippen molar-refractivity contribution in [1.29, 1.82) is 0 Å². The van der Waals surface area contributed by atoms with E-state index in [1.54, 1.807) is 6.07 Å². The molecule has 5 nitrogen and oxygen atoms in total. The lowest BCUT2D eigenvalue weighted by Crippen LogP contribution is -2.36. The van der Waals surface area contributed by atoms with Gasteiger partial charge in [0.25, 0.3) is 10.9 Å². The molecule has 3 N–H and O–H groups in total. The molecule has 1 aliphatic heterocycles. The van der Waals surface area contributed by atoms with E-state index >= 15 is 0 Å². The SMILES string of the molecule is Cc1cc(Nc2c(N)c(=O)c2=O)ccc1C1CN(C)Cc2c(Cl)cc(Cl)cc21. The maximum atomic E-state index is 11.6. The van der Waals surface area contributed by atoms with Crippen molar-refractivity contribution in [3.8, 4) is 0 Å². The molecule has 1 aliphatic rings. The number of hydrogen-bond acceptors (Lipinski definition) is 5. The summed E-state index contributed by atoms with van der Waals surface area (Å²) < 4.78 is 0. The van der Waals surface area contributed by atoms with Crippen LogP contribution in [-0.4, -0.2) is 18.5 Å². The summed E-state index contributed by atoms with van der Waals surface area (Å²) in [4.78, 5) is 25.2. The first-order valence-electron chi connectivity index (χ1n) is 8.89. The first kappa shape index (κ1) is 19.0. The van der Waals surface area contributed by atoms with Gasteiger partial charge in [-0.3, -0.25) is 9.59 Å². The minimum absolute atomic E-state index is 0.0150. The first-order valence-corrected chi connectivity index (χ1v) is 9.64. The van der Waals surface area contributed by atoms with Crippen molar-refractivity contribution in [3.63, 3.8) is 0 Å². The van der Waals surface area contributed by atoms with E-state index in [0.717, 1.165) is 35.3 Å². The van der Waals surface area contributed by atoms with E-state index in [-0.39, 0.29) is 17.3 Å². The van der Waals surface area contributed by atoms with E-state index in [9.17, 15) is 9.59 Å². The van der Waals surface area contributed by atoms with Gasteiger partial charge in [-0.05, 0) is 60.5 Å². The molecule has 0 saturated heterocycles. The van der Waals surface area contributed by atoms with Gasteiger partial charge in [0.2, 0.25) is 0 Å². The molecule has 4 rings (SSSR count). The number of fused-ring (bicyclic) bond motifs is 1. The van der Waals surface area contributed by atoms with Crippen LogP contribution < -0.4 is 21.9 Å². The predicted octanol–water partition coefficient (Wildman–Crippen LogP) is 3.80. The number of benzene rings is 2. The number of aryl methyl sites for hydroxylation is 1. The Balaban J connectivity index is 1.71. The average molecular weight is 416 g/mol. The summed E-state index contributed by atoms with van der Waals surface area (Å²) in [5, 5.41) is 4.27. The van der Waals surface area contributed by atoms with E-state index in [1.807, 2.05) is 31.2 Å². The lowest BCUT2D eigenvalue weighted by molar-refractivity contribution is 0.295. The second-order valence-corrected chi connectivity index (χ2v) is 8.19. The first-order chi connectivity index (χ1) is 13.3. The fourth-order valence-corrected chi connectivity index (χ4v) is 4.50. The highest BCUT2D eigenvalue weighted by atomic mass is 35.5. The number of nitrogens with zero attached hydrogens (tertiary/aromatic N) is 1. The van der Waals surface area contributed by atoms with E-state index in [4.69, 9.17) is 28.9 Å². The molecule has 28 heavy (non-hydrogen) atoms. The molecule has 0 bridgehead atoms. The number of halogens is 2.